The van der Waals surface area contributed by atoms with Crippen LogP contribution in [0.1, 0.15) is 32.9 Å². The third-order valence-corrected chi connectivity index (χ3v) is 4.44. The first-order valence-electron chi connectivity index (χ1n) is 8.74. The van der Waals surface area contributed by atoms with Gasteiger partial charge in [0.05, 0.1) is 23.4 Å². The third-order valence-electron chi connectivity index (χ3n) is 4.11. The van der Waals surface area contributed by atoms with Gasteiger partial charge in [-0.25, -0.2) is 9.78 Å². The maximum absolute atomic E-state index is 11.2. The number of nitrogens with zero attached hydrogens (tertiary/aromatic N) is 3. The number of pyridine rings is 1. The molecule has 0 bridgehead atoms. The van der Waals surface area contributed by atoms with Crippen LogP contribution < -0.4 is 5.43 Å². The van der Waals surface area contributed by atoms with Gasteiger partial charge in [0.15, 0.2) is 5.82 Å². The van der Waals surface area contributed by atoms with Crippen molar-refractivity contribution in [2.24, 2.45) is 5.10 Å². The number of benzene rings is 1. The van der Waals surface area contributed by atoms with Gasteiger partial charge in [-0.05, 0) is 43.3 Å². The van der Waals surface area contributed by atoms with E-state index in [-0.39, 0.29) is 17.2 Å². The number of nitriles is 1. The van der Waals surface area contributed by atoms with Crippen molar-refractivity contribution in [3.05, 3.63) is 69.6 Å². The van der Waals surface area contributed by atoms with Crippen molar-refractivity contribution in [1.82, 2.24) is 4.98 Å². The molecule has 1 aromatic carbocycles. The minimum Gasteiger partial charge on any atom is -0.478 e. The molecule has 0 aliphatic carbocycles. The van der Waals surface area contributed by atoms with Crippen LogP contribution in [0.5, 0.6) is 0 Å². The number of hydrogen-bond donors (Lipinski definition) is 2. The van der Waals surface area contributed by atoms with Gasteiger partial charge in [0.2, 0.25) is 0 Å². The van der Waals surface area contributed by atoms with Crippen LogP contribution in [0.15, 0.2) is 45.9 Å². The van der Waals surface area contributed by atoms with E-state index in [0.717, 1.165) is 5.69 Å². The van der Waals surface area contributed by atoms with Crippen LogP contribution in [-0.2, 0) is 11.3 Å². The van der Waals surface area contributed by atoms with E-state index in [1.807, 2.05) is 6.92 Å². The van der Waals surface area contributed by atoms with E-state index in [9.17, 15) is 15.2 Å². The van der Waals surface area contributed by atoms with Crippen LogP contribution >= 0.6 is 11.6 Å². The first-order valence-corrected chi connectivity index (χ1v) is 9.12. The summed E-state index contributed by atoms with van der Waals surface area (Å²) in [7, 11) is 1.55. The maximum atomic E-state index is 11.2. The van der Waals surface area contributed by atoms with Gasteiger partial charge in [0.25, 0.3) is 0 Å². The van der Waals surface area contributed by atoms with Gasteiger partial charge < -0.3 is 14.3 Å². The average molecular weight is 425 g/mol. The molecule has 0 aliphatic rings. The largest absolute Gasteiger partial charge is 0.478 e. The van der Waals surface area contributed by atoms with Gasteiger partial charge in [-0.1, -0.05) is 11.6 Å². The summed E-state index contributed by atoms with van der Waals surface area (Å²) in [5, 5.41) is 22.9. The Kier molecular flexibility index (Phi) is 6.47. The van der Waals surface area contributed by atoms with E-state index < -0.39 is 5.97 Å². The molecule has 3 aromatic rings. The lowest BCUT2D eigenvalue weighted by Gasteiger charge is -2.08. The Hall–Kier alpha value is -3.67. The molecule has 0 fully saturated rings. The van der Waals surface area contributed by atoms with Gasteiger partial charge in [-0.2, -0.15) is 10.4 Å². The summed E-state index contributed by atoms with van der Waals surface area (Å²) in [5.41, 5.74) is 5.10. The third kappa shape index (κ3) is 4.66. The zero-order chi connectivity index (χ0) is 21.7. The van der Waals surface area contributed by atoms with Crippen LogP contribution in [0.25, 0.3) is 11.3 Å². The van der Waals surface area contributed by atoms with Gasteiger partial charge >= 0.3 is 5.97 Å². The second-order valence-electron chi connectivity index (χ2n) is 6.26. The van der Waals surface area contributed by atoms with E-state index in [1.54, 1.807) is 31.4 Å². The maximum Gasteiger partial charge on any atom is 0.337 e. The molecule has 9 heteroatoms. The number of ether oxygens (including phenoxy) is 1. The Morgan fingerprint density at radius 3 is 2.90 bits per heavy atom. The number of anilines is 1. The second kappa shape index (κ2) is 9.22. The van der Waals surface area contributed by atoms with Crippen LogP contribution in [-0.4, -0.2) is 29.4 Å². The number of halogens is 1. The number of aryl methyl sites for hydroxylation is 1. The molecule has 8 nitrogen and oxygen atoms in total. The number of carboxylic acid groups (broad SMARTS) is 1. The molecule has 2 aromatic heterocycles. The predicted octanol–water partition coefficient (Wildman–Crippen LogP) is 4.47. The highest BCUT2D eigenvalue weighted by atomic mass is 35.5. The fourth-order valence-electron chi connectivity index (χ4n) is 2.79. The zero-order valence-electron chi connectivity index (χ0n) is 16.1. The van der Waals surface area contributed by atoms with Gasteiger partial charge in [-0.3, -0.25) is 5.43 Å². The molecular formula is C21H17ClN4O4. The summed E-state index contributed by atoms with van der Waals surface area (Å²) in [4.78, 5) is 15.6. The number of methoxy groups -OCH3 is 1. The molecule has 0 aliphatic heterocycles. The SMILES string of the molecule is COCc1cc(C)nc(N/N=C/c2ccc(-c3ccc(Cl)c(C(=O)O)c3)o2)c1C#N. The molecular weight excluding hydrogens is 408 g/mol. The molecule has 0 saturated carbocycles. The van der Waals surface area contributed by atoms with E-state index in [4.69, 9.17) is 20.8 Å². The molecule has 0 unspecified atom stereocenters. The Balaban J connectivity index is 1.80. The number of rotatable bonds is 7. The molecule has 0 saturated heterocycles. The van der Waals surface area contributed by atoms with Crippen LogP contribution in [0.2, 0.25) is 5.02 Å². The van der Waals surface area contributed by atoms with Crippen molar-refractivity contribution >= 4 is 29.6 Å². The molecule has 0 amide bonds. The summed E-state index contributed by atoms with van der Waals surface area (Å²) in [6.07, 6.45) is 1.43. The summed E-state index contributed by atoms with van der Waals surface area (Å²) in [5.74, 6) is 0.0829. The minimum atomic E-state index is -1.12. The van der Waals surface area contributed by atoms with Gasteiger partial charge in [0, 0.05) is 23.9 Å². The van der Waals surface area contributed by atoms with Crippen molar-refractivity contribution < 1.29 is 19.1 Å². The fraction of sp³-hybridized carbons (Fsp3) is 0.143. The summed E-state index contributed by atoms with van der Waals surface area (Å²) >= 11 is 5.90. The van der Waals surface area contributed by atoms with Crippen LogP contribution in [0, 0.1) is 18.3 Å². The molecule has 2 N–H and O–H groups in total. The lowest BCUT2D eigenvalue weighted by molar-refractivity contribution is 0.0697. The summed E-state index contributed by atoms with van der Waals surface area (Å²) < 4.78 is 10.8. The Bertz CT molecular complexity index is 1160. The number of hydrazone groups is 1. The van der Waals surface area contributed by atoms with Crippen molar-refractivity contribution in [2.75, 3.05) is 12.5 Å². The molecule has 2 heterocycles. The zero-order valence-corrected chi connectivity index (χ0v) is 16.9. The highest BCUT2D eigenvalue weighted by Crippen LogP contribution is 2.27. The Morgan fingerprint density at radius 2 is 2.20 bits per heavy atom. The summed E-state index contributed by atoms with van der Waals surface area (Å²) in [6.45, 7) is 2.09. The van der Waals surface area contributed by atoms with Crippen molar-refractivity contribution in [3.8, 4) is 17.4 Å². The topological polar surface area (TPSA) is 121 Å². The van der Waals surface area contributed by atoms with E-state index >= 15 is 0 Å². The van der Waals surface area contributed by atoms with Gasteiger partial charge in [0.1, 0.15) is 23.2 Å². The van der Waals surface area contributed by atoms with E-state index in [1.165, 1.54) is 18.3 Å². The molecule has 0 atom stereocenters. The van der Waals surface area contributed by atoms with Crippen molar-refractivity contribution in [2.45, 2.75) is 13.5 Å². The fourth-order valence-corrected chi connectivity index (χ4v) is 2.99. The average Bonchev–Trinajstić information content (AvgIpc) is 3.17. The predicted molar refractivity (Wildman–Crippen MR) is 112 cm³/mol. The Morgan fingerprint density at radius 1 is 1.40 bits per heavy atom. The highest BCUT2D eigenvalue weighted by Gasteiger charge is 2.13. The smallest absolute Gasteiger partial charge is 0.337 e. The minimum absolute atomic E-state index is 0.0103. The second-order valence-corrected chi connectivity index (χ2v) is 6.67. The number of carboxylic acids is 1. The first kappa shape index (κ1) is 21.0. The first-order chi connectivity index (χ1) is 14.4. The molecule has 0 radical (unpaired) electrons. The molecule has 0 spiro atoms. The molecule has 30 heavy (non-hydrogen) atoms. The lowest BCUT2D eigenvalue weighted by atomic mass is 10.1. The highest BCUT2D eigenvalue weighted by molar-refractivity contribution is 6.33. The number of nitrogens with one attached hydrogen (secondary N) is 1. The Labute approximate surface area is 177 Å². The van der Waals surface area contributed by atoms with Gasteiger partial charge in [-0.15, -0.1) is 0 Å². The van der Waals surface area contributed by atoms with Crippen LogP contribution in [0.4, 0.5) is 5.82 Å². The monoisotopic (exact) mass is 424 g/mol. The lowest BCUT2D eigenvalue weighted by Crippen LogP contribution is -2.03. The molecule has 3 rings (SSSR count). The van der Waals surface area contributed by atoms with Crippen molar-refractivity contribution in [3.63, 3.8) is 0 Å². The molecule has 152 valence electrons. The number of hydrogen-bond acceptors (Lipinski definition) is 7. The summed E-state index contributed by atoms with van der Waals surface area (Å²) in [6, 6.07) is 11.9. The van der Waals surface area contributed by atoms with E-state index in [2.05, 4.69) is 21.6 Å². The number of carbonyl (C=O) groups is 1. The quantitative estimate of drug-likeness (QED) is 0.424. The standard InChI is InChI=1S/C21H17ClN4O4/c1-12-7-14(11-29-2)17(9-23)20(25-12)26-24-10-15-4-6-19(30-15)13-3-5-18(22)16(8-13)21(27)28/h3-8,10H,11H2,1-2H3,(H,25,26)(H,27,28)/b24-10+. The van der Waals surface area contributed by atoms with E-state index in [0.29, 0.717) is 34.0 Å². The normalized spacial score (nSPS) is 10.9. The number of aromatic carboxylic acids is 1. The van der Waals surface area contributed by atoms with Crippen molar-refractivity contribution in [1.29, 1.82) is 5.26 Å². The number of aromatic nitrogens is 1. The number of furan rings is 1. The van der Waals surface area contributed by atoms with Crippen LogP contribution in [0.3, 0.4) is 0 Å².